The summed E-state index contributed by atoms with van der Waals surface area (Å²) in [4.78, 5) is 68.0. The summed E-state index contributed by atoms with van der Waals surface area (Å²) in [5, 5.41) is 29.9. The van der Waals surface area contributed by atoms with Crippen molar-refractivity contribution >= 4 is 39.6 Å². The Morgan fingerprint density at radius 3 is 2.13 bits per heavy atom. The van der Waals surface area contributed by atoms with Gasteiger partial charge in [0.15, 0.2) is 30.3 Å². The van der Waals surface area contributed by atoms with E-state index in [9.17, 15) is 28.2 Å². The Labute approximate surface area is 516 Å². The highest BCUT2D eigenvalue weighted by atomic mass is 32.2. The van der Waals surface area contributed by atoms with Crippen molar-refractivity contribution in [1.82, 2.24) is 14.9 Å². The third-order valence-corrected chi connectivity index (χ3v) is 18.6. The number of likely N-dealkylation sites (N-methyl/N-ethyl adjacent to an activating group) is 1. The molecule has 0 unspecified atom stereocenters. The molecule has 0 aliphatic carbocycles. The number of nitrogens with zero attached hydrogens (tertiary/aromatic N) is 2. The zero-order chi connectivity index (χ0) is 65.0. The molecular formula is C62H104N4O20S. The van der Waals surface area contributed by atoms with E-state index in [2.05, 4.69) is 27.0 Å². The number of carbonyl (C=O) groups excluding carboxylic acids is 4. The lowest BCUT2D eigenvalue weighted by molar-refractivity contribution is -0.305. The SMILES string of the molecule is CCO/N=C1\C[C@@H](C)O[C@@H](O[C@@H]2[C@@H](C)[C@H](O[C@H]3C[C@@H](C)N(C)C[C@H](C)O3)[C@@H](C)C(=O)O[C@H]([C@@H](C)CO[C@@H]3O[C@H](C)[C@@H](O)[C@@H](OC)[C@H]3OC)[C@H](C)[C@@H](OC(=O)CC(C)C)[C@@H](C)C(=O)[C@@](C)(OC(=O)NC(C)(C)CNS(=O)(=O)c3ccccc3)C[C@@H]2C)[C@@H]1O. The van der Waals surface area contributed by atoms with Gasteiger partial charge < -0.3 is 77.4 Å². The Hall–Kier alpha value is -3.96. The molecule has 0 radical (unpaired) electrons. The maximum Gasteiger partial charge on any atom is 0.408 e. The molecule has 24 nitrogen and oxygen atoms in total. The summed E-state index contributed by atoms with van der Waals surface area (Å²) < 4.78 is 100.0. The number of amides is 1. The first kappa shape index (κ1) is 73.8. The largest absolute Gasteiger partial charge is 0.461 e. The number of alkyl carbamates (subject to hydrolysis) is 1. The van der Waals surface area contributed by atoms with Crippen LogP contribution in [0.4, 0.5) is 4.79 Å². The number of ketones is 1. The first-order valence-corrected chi connectivity index (χ1v) is 32.4. The smallest absolute Gasteiger partial charge is 0.408 e. The van der Waals surface area contributed by atoms with Crippen LogP contribution in [0.25, 0.3) is 0 Å². The highest BCUT2D eigenvalue weighted by Gasteiger charge is 2.53. The van der Waals surface area contributed by atoms with Crippen molar-refractivity contribution in [3.05, 3.63) is 30.3 Å². The molecule has 5 rings (SSSR count). The van der Waals surface area contributed by atoms with Crippen LogP contribution in [0.5, 0.6) is 0 Å². The number of oxime groups is 1. The van der Waals surface area contributed by atoms with Gasteiger partial charge in [-0.3, -0.25) is 14.4 Å². The summed E-state index contributed by atoms with van der Waals surface area (Å²) >= 11 is 0. The molecule has 4 aliphatic rings. The number of sulfonamides is 1. The molecule has 4 heterocycles. The molecule has 4 fully saturated rings. The molecule has 25 heteroatoms. The fourth-order valence-corrected chi connectivity index (χ4v) is 13.5. The van der Waals surface area contributed by atoms with Crippen LogP contribution in [0.15, 0.2) is 40.4 Å². The molecule has 1 amide bonds. The number of aliphatic hydroxyl groups is 2. The average molecular weight is 1260 g/mol. The second-order valence-corrected chi connectivity index (χ2v) is 27.8. The molecule has 0 spiro atoms. The highest BCUT2D eigenvalue weighted by Crippen LogP contribution is 2.41. The molecule has 0 saturated carbocycles. The van der Waals surface area contributed by atoms with E-state index >= 15 is 9.59 Å². The van der Waals surface area contributed by atoms with Crippen molar-refractivity contribution in [3.63, 3.8) is 0 Å². The third-order valence-electron chi connectivity index (χ3n) is 17.2. The van der Waals surface area contributed by atoms with E-state index in [1.165, 1.54) is 33.3 Å². The summed E-state index contributed by atoms with van der Waals surface area (Å²) in [5.41, 5.74) is -3.17. The van der Waals surface area contributed by atoms with E-state index in [-0.39, 0.29) is 67.7 Å². The Morgan fingerprint density at radius 1 is 0.851 bits per heavy atom. The zero-order valence-electron chi connectivity index (χ0n) is 54.8. The van der Waals surface area contributed by atoms with Gasteiger partial charge in [0.25, 0.3) is 0 Å². The number of nitrogens with one attached hydrogen (secondary N) is 2. The predicted octanol–water partition coefficient (Wildman–Crippen LogP) is 6.15. The topological polar surface area (TPSA) is 293 Å². The van der Waals surface area contributed by atoms with Crippen LogP contribution in [0, 0.1) is 41.4 Å². The maximum atomic E-state index is 16.1. The molecule has 87 heavy (non-hydrogen) atoms. The number of cyclic esters (lactones) is 1. The van der Waals surface area contributed by atoms with Gasteiger partial charge in [0.1, 0.15) is 43.2 Å². The van der Waals surface area contributed by atoms with E-state index < -0.39 is 160 Å². The number of esters is 2. The molecule has 1 aromatic rings. The lowest BCUT2D eigenvalue weighted by Gasteiger charge is -2.45. The number of aliphatic hydroxyl groups excluding tert-OH is 2. The van der Waals surface area contributed by atoms with Gasteiger partial charge in [0, 0.05) is 70.4 Å². The lowest BCUT2D eigenvalue weighted by Crippen LogP contribution is -2.59. The molecule has 0 aromatic heterocycles. The fourth-order valence-electron chi connectivity index (χ4n) is 12.3. The number of hydrogen-bond acceptors (Lipinski definition) is 22. The van der Waals surface area contributed by atoms with Crippen LogP contribution in [0.3, 0.4) is 0 Å². The van der Waals surface area contributed by atoms with Gasteiger partial charge in [0.05, 0.1) is 65.1 Å². The normalized spacial score (nSPS) is 37.3. The Morgan fingerprint density at radius 2 is 1.51 bits per heavy atom. The number of methoxy groups -OCH3 is 2. The van der Waals surface area contributed by atoms with Gasteiger partial charge in [-0.25, -0.2) is 17.9 Å². The lowest BCUT2D eigenvalue weighted by atomic mass is 9.74. The number of Topliss-reactive ketones (excluding diaryl/α,β-unsaturated/α-hetero) is 1. The summed E-state index contributed by atoms with van der Waals surface area (Å²) in [6.45, 7) is 28.2. The van der Waals surface area contributed by atoms with Gasteiger partial charge in [-0.05, 0) is 99.8 Å². The van der Waals surface area contributed by atoms with Gasteiger partial charge in [-0.2, -0.15) is 0 Å². The minimum absolute atomic E-state index is 0.0134. The number of rotatable bonds is 21. The van der Waals surface area contributed by atoms with Crippen LogP contribution < -0.4 is 10.0 Å². The predicted molar refractivity (Wildman–Crippen MR) is 320 cm³/mol. The second-order valence-electron chi connectivity index (χ2n) is 26.0. The van der Waals surface area contributed by atoms with Gasteiger partial charge >= 0.3 is 18.0 Å². The molecule has 4 aliphatic heterocycles. The van der Waals surface area contributed by atoms with E-state index in [0.29, 0.717) is 13.0 Å². The molecule has 22 atom stereocenters. The van der Waals surface area contributed by atoms with Gasteiger partial charge in [-0.1, -0.05) is 71.8 Å². The molecule has 1 aromatic carbocycles. The first-order chi connectivity index (χ1) is 40.7. The molecular weight excluding hydrogens is 1150 g/mol. The van der Waals surface area contributed by atoms with Crippen LogP contribution in [0.1, 0.15) is 136 Å². The number of hydrogen-bond donors (Lipinski definition) is 4. The molecule has 4 saturated heterocycles. The van der Waals surface area contributed by atoms with E-state index in [1.807, 2.05) is 34.7 Å². The Bertz CT molecular complexity index is 2510. The quantitative estimate of drug-likeness (QED) is 0.0609. The van der Waals surface area contributed by atoms with Crippen molar-refractivity contribution in [1.29, 1.82) is 0 Å². The number of ether oxygens (including phenoxy) is 11. The van der Waals surface area contributed by atoms with Crippen molar-refractivity contribution in [2.24, 2.45) is 46.6 Å². The zero-order valence-corrected chi connectivity index (χ0v) is 55.6. The van der Waals surface area contributed by atoms with Crippen molar-refractivity contribution in [3.8, 4) is 0 Å². The molecule has 0 bridgehead atoms. The van der Waals surface area contributed by atoms with Crippen LogP contribution >= 0.6 is 0 Å². The van der Waals surface area contributed by atoms with Gasteiger partial charge in [-0.15, -0.1) is 0 Å². The molecule has 4 N–H and O–H groups in total. The van der Waals surface area contributed by atoms with Crippen molar-refractivity contribution < 1.29 is 94.8 Å². The Balaban J connectivity index is 1.71. The van der Waals surface area contributed by atoms with Gasteiger partial charge in [0.2, 0.25) is 10.0 Å². The summed E-state index contributed by atoms with van der Waals surface area (Å²) in [5.74, 6) is -8.09. The minimum atomic E-state index is -4.03. The monoisotopic (exact) mass is 1260 g/mol. The van der Waals surface area contributed by atoms with E-state index in [4.69, 9.17) is 56.9 Å². The van der Waals surface area contributed by atoms with Crippen molar-refractivity contribution in [2.45, 2.75) is 245 Å². The Kier molecular flexibility index (Phi) is 27.4. The van der Waals surface area contributed by atoms with Crippen LogP contribution in [-0.2, 0) is 81.3 Å². The summed E-state index contributed by atoms with van der Waals surface area (Å²) in [7, 11) is 0.843. The average Bonchev–Trinajstić information content (AvgIpc) is 1.37. The fraction of sp³-hybridized carbons (Fsp3) is 0.823. The summed E-state index contributed by atoms with van der Waals surface area (Å²) in [6, 6.07) is 7.71. The van der Waals surface area contributed by atoms with Crippen LogP contribution in [0.2, 0.25) is 0 Å². The van der Waals surface area contributed by atoms with Crippen molar-refractivity contribution in [2.75, 3.05) is 47.6 Å². The first-order valence-electron chi connectivity index (χ1n) is 30.9. The minimum Gasteiger partial charge on any atom is -0.461 e. The second kappa shape index (κ2) is 32.4. The third kappa shape index (κ3) is 19.8. The van der Waals surface area contributed by atoms with E-state index in [1.54, 1.807) is 87.4 Å². The molecule has 498 valence electrons. The summed E-state index contributed by atoms with van der Waals surface area (Å²) in [6.07, 6.45) is -14.7. The number of benzene rings is 1. The number of carbonyl (C=O) groups is 4. The maximum absolute atomic E-state index is 16.1. The van der Waals surface area contributed by atoms with Crippen LogP contribution in [-0.4, -0.2) is 204 Å². The van der Waals surface area contributed by atoms with E-state index in [0.717, 1.165) is 0 Å². The standard InChI is InChI=1S/C62H104N4O20S/c1-20-78-65-45-28-37(7)80-58(49(45)69)85-50-34(4)29-62(16,86-60(72)64-61(14,15)32-63-87(73,74)44-24-22-21-23-25-44)56(70)41(11)52(82-46(67)26-33(2)3)40(10)51(35(5)31-77-59-55(76-19)54(75-18)48(68)43(13)81-59)84-57(71)42(12)53(39(50)9)83-47-27-36(6)66(17)30-38(8)79-47/h21-25,33-43,47-55,58-59,63,68-69H,20,26-32H2,1-19H3,(H,64,72)/b65-45+/t34-,35-,36+,37+,38-,39+,40-,41+,42+,43+,47-,48+,49+,50-,51+,52+,53-,54+,55+,58-,59+,62-/m0/s1. The highest BCUT2D eigenvalue weighted by molar-refractivity contribution is 7.89.